The van der Waals surface area contributed by atoms with Crippen LogP contribution in [0, 0.1) is 0 Å². The minimum absolute atomic E-state index is 0.125. The molecule has 1 aromatic carbocycles. The highest BCUT2D eigenvalue weighted by Gasteiger charge is 2.04. The van der Waals surface area contributed by atoms with Gasteiger partial charge in [0.1, 0.15) is 0 Å². The van der Waals surface area contributed by atoms with E-state index in [0.29, 0.717) is 16.1 Å². The van der Waals surface area contributed by atoms with Crippen molar-refractivity contribution >= 4 is 41.4 Å². The molecular formula is C11H11ClN6OS. The van der Waals surface area contributed by atoms with E-state index in [9.17, 15) is 4.79 Å². The molecule has 4 N–H and O–H groups in total. The molecule has 20 heavy (non-hydrogen) atoms. The molecule has 104 valence electrons. The van der Waals surface area contributed by atoms with Gasteiger partial charge in [-0.25, -0.2) is 10.5 Å². The van der Waals surface area contributed by atoms with Crippen LogP contribution in [0.4, 0.5) is 5.95 Å². The van der Waals surface area contributed by atoms with Crippen LogP contribution in [0.5, 0.6) is 0 Å². The van der Waals surface area contributed by atoms with Crippen LogP contribution in [0.15, 0.2) is 34.5 Å². The lowest BCUT2D eigenvalue weighted by Crippen LogP contribution is -2.13. The molecule has 0 aliphatic carbocycles. The number of hydrogen-bond acceptors (Lipinski definition) is 6. The van der Waals surface area contributed by atoms with Crippen molar-refractivity contribution in [3.8, 4) is 0 Å². The minimum atomic E-state index is -0.425. The third-order valence-corrected chi connectivity index (χ3v) is 3.30. The second-order valence-electron chi connectivity index (χ2n) is 3.61. The molecule has 2 rings (SSSR count). The van der Waals surface area contributed by atoms with Crippen molar-refractivity contribution in [1.82, 2.24) is 15.2 Å². The summed E-state index contributed by atoms with van der Waals surface area (Å²) >= 11 is 7.12. The van der Waals surface area contributed by atoms with Gasteiger partial charge >= 0.3 is 0 Å². The Morgan fingerprint density at radius 1 is 1.55 bits per heavy atom. The summed E-state index contributed by atoms with van der Waals surface area (Å²) in [5, 5.41) is 11.5. The van der Waals surface area contributed by atoms with Gasteiger partial charge in [-0.2, -0.15) is 10.1 Å². The number of nitrogens with one attached hydrogen (secondary N) is 2. The number of anilines is 1. The summed E-state index contributed by atoms with van der Waals surface area (Å²) in [7, 11) is 0. The normalized spacial score (nSPS) is 10.8. The first-order valence-corrected chi connectivity index (χ1v) is 6.88. The van der Waals surface area contributed by atoms with Gasteiger partial charge < -0.3 is 5.73 Å². The number of hydrazone groups is 1. The minimum Gasteiger partial charge on any atom is -0.369 e. The summed E-state index contributed by atoms with van der Waals surface area (Å²) in [5.74, 6) is 0.0616. The Morgan fingerprint density at radius 2 is 2.35 bits per heavy atom. The molecule has 0 saturated carbocycles. The van der Waals surface area contributed by atoms with Crippen LogP contribution < -0.4 is 11.2 Å². The van der Waals surface area contributed by atoms with Crippen molar-refractivity contribution in [2.24, 2.45) is 10.8 Å². The van der Waals surface area contributed by atoms with Gasteiger partial charge in [0.2, 0.25) is 17.0 Å². The van der Waals surface area contributed by atoms with Crippen molar-refractivity contribution in [3.05, 3.63) is 34.9 Å². The van der Waals surface area contributed by atoms with Crippen molar-refractivity contribution in [3.63, 3.8) is 0 Å². The molecule has 0 aliphatic heterocycles. The van der Waals surface area contributed by atoms with Gasteiger partial charge in [-0.05, 0) is 6.07 Å². The van der Waals surface area contributed by atoms with E-state index < -0.39 is 5.91 Å². The number of H-pyrrole nitrogens is 1. The maximum Gasteiger partial charge on any atom is 0.240 e. The van der Waals surface area contributed by atoms with Gasteiger partial charge in [0.15, 0.2) is 0 Å². The number of halogens is 1. The molecule has 0 aliphatic rings. The topological polar surface area (TPSA) is 109 Å². The summed E-state index contributed by atoms with van der Waals surface area (Å²) < 4.78 is 0. The number of aromatic nitrogens is 3. The number of carbonyl (C=O) groups excluding carboxylic acids is 1. The van der Waals surface area contributed by atoms with E-state index in [-0.39, 0.29) is 5.75 Å². The smallest absolute Gasteiger partial charge is 0.240 e. The standard InChI is InChI=1S/C11H11ClN6OS/c12-8-4-2-1-3-7(8)5-14-16-10-15-11(18-17-10)20-6-9(13)19/h1-5H,6H2,(H2,13,19)(H2,15,16,17,18)/b14-5+. The molecule has 1 aromatic heterocycles. The first-order chi connectivity index (χ1) is 9.65. The summed E-state index contributed by atoms with van der Waals surface area (Å²) in [6.07, 6.45) is 1.57. The largest absolute Gasteiger partial charge is 0.369 e. The number of hydrogen-bond donors (Lipinski definition) is 3. The van der Waals surface area contributed by atoms with E-state index in [1.165, 1.54) is 0 Å². The van der Waals surface area contributed by atoms with Gasteiger partial charge in [0.05, 0.1) is 12.0 Å². The zero-order valence-corrected chi connectivity index (χ0v) is 11.8. The molecule has 7 nitrogen and oxygen atoms in total. The van der Waals surface area contributed by atoms with Crippen LogP contribution in [0.2, 0.25) is 5.02 Å². The van der Waals surface area contributed by atoms with Gasteiger partial charge in [0, 0.05) is 10.6 Å². The molecular weight excluding hydrogens is 300 g/mol. The Kier molecular flexibility index (Phi) is 4.97. The van der Waals surface area contributed by atoms with E-state index in [1.807, 2.05) is 18.2 Å². The molecule has 0 bridgehead atoms. The lowest BCUT2D eigenvalue weighted by molar-refractivity contribution is -0.115. The SMILES string of the molecule is NC(=O)CSc1n[nH]c(N/N=C/c2ccccc2Cl)n1. The number of nitrogens with zero attached hydrogens (tertiary/aromatic N) is 3. The summed E-state index contributed by atoms with van der Waals surface area (Å²) in [6, 6.07) is 7.31. The maximum atomic E-state index is 10.6. The average Bonchev–Trinajstić information content (AvgIpc) is 2.87. The number of carbonyl (C=O) groups is 1. The van der Waals surface area contributed by atoms with Crippen LogP contribution >= 0.6 is 23.4 Å². The predicted molar refractivity (Wildman–Crippen MR) is 79.0 cm³/mol. The van der Waals surface area contributed by atoms with Crippen LogP contribution in [-0.4, -0.2) is 33.1 Å². The first-order valence-electron chi connectivity index (χ1n) is 5.52. The van der Waals surface area contributed by atoms with Crippen LogP contribution in [0.3, 0.4) is 0 Å². The molecule has 0 radical (unpaired) electrons. The van der Waals surface area contributed by atoms with Crippen molar-refractivity contribution < 1.29 is 4.79 Å². The van der Waals surface area contributed by atoms with E-state index in [0.717, 1.165) is 17.3 Å². The van der Waals surface area contributed by atoms with Gasteiger partial charge in [-0.3, -0.25) is 4.79 Å². The highest BCUT2D eigenvalue weighted by atomic mass is 35.5. The summed E-state index contributed by atoms with van der Waals surface area (Å²) in [6.45, 7) is 0. The van der Waals surface area contributed by atoms with Crippen LogP contribution in [0.1, 0.15) is 5.56 Å². The second-order valence-corrected chi connectivity index (χ2v) is 4.96. The highest BCUT2D eigenvalue weighted by Crippen LogP contribution is 2.14. The van der Waals surface area contributed by atoms with Crippen molar-refractivity contribution in [2.45, 2.75) is 5.16 Å². The monoisotopic (exact) mass is 310 g/mol. The fourth-order valence-electron chi connectivity index (χ4n) is 1.24. The molecule has 0 spiro atoms. The fraction of sp³-hybridized carbons (Fsp3) is 0.0909. The van der Waals surface area contributed by atoms with Gasteiger partial charge in [-0.1, -0.05) is 41.6 Å². The number of thioether (sulfide) groups is 1. The highest BCUT2D eigenvalue weighted by molar-refractivity contribution is 7.99. The Bertz CT molecular complexity index is 629. The maximum absolute atomic E-state index is 10.6. The summed E-state index contributed by atoms with van der Waals surface area (Å²) in [4.78, 5) is 14.7. The van der Waals surface area contributed by atoms with Crippen LogP contribution in [0.25, 0.3) is 0 Å². The van der Waals surface area contributed by atoms with E-state index in [4.69, 9.17) is 17.3 Å². The zero-order valence-electron chi connectivity index (χ0n) is 10.2. The number of primary amides is 1. The van der Waals surface area contributed by atoms with E-state index >= 15 is 0 Å². The first kappa shape index (κ1) is 14.4. The molecule has 0 fully saturated rings. The Morgan fingerprint density at radius 3 is 3.10 bits per heavy atom. The molecule has 2 aromatic rings. The lowest BCUT2D eigenvalue weighted by atomic mass is 10.2. The molecule has 1 heterocycles. The molecule has 0 saturated heterocycles. The quantitative estimate of drug-likeness (QED) is 0.425. The third kappa shape index (κ3) is 4.25. The van der Waals surface area contributed by atoms with Gasteiger partial charge in [-0.15, -0.1) is 5.10 Å². The predicted octanol–water partition coefficient (Wildman–Crippen LogP) is 1.48. The van der Waals surface area contributed by atoms with Gasteiger partial charge in [0.25, 0.3) is 0 Å². The number of nitrogens with two attached hydrogens (primary N) is 1. The lowest BCUT2D eigenvalue weighted by Gasteiger charge is -1.96. The van der Waals surface area contributed by atoms with Crippen molar-refractivity contribution in [2.75, 3.05) is 11.2 Å². The molecule has 0 atom stereocenters. The average molecular weight is 311 g/mol. The van der Waals surface area contributed by atoms with E-state index in [2.05, 4.69) is 25.7 Å². The van der Waals surface area contributed by atoms with Crippen molar-refractivity contribution in [1.29, 1.82) is 0 Å². The Hall–Kier alpha value is -2.06. The summed E-state index contributed by atoms with van der Waals surface area (Å²) in [5.41, 5.74) is 8.49. The zero-order chi connectivity index (χ0) is 14.4. The molecule has 0 unspecified atom stereocenters. The molecule has 1 amide bonds. The number of aromatic amines is 1. The van der Waals surface area contributed by atoms with Crippen LogP contribution in [-0.2, 0) is 4.79 Å². The third-order valence-electron chi connectivity index (χ3n) is 2.09. The number of benzene rings is 1. The number of rotatable bonds is 6. The molecule has 9 heteroatoms. The number of amides is 1. The Labute approximate surface area is 124 Å². The van der Waals surface area contributed by atoms with E-state index in [1.54, 1.807) is 12.3 Å². The Balaban J connectivity index is 1.91. The second kappa shape index (κ2) is 6.92. The fourth-order valence-corrected chi connectivity index (χ4v) is 1.96.